The second-order valence-corrected chi connectivity index (χ2v) is 7.14. The van der Waals surface area contributed by atoms with Crippen molar-refractivity contribution in [2.45, 2.75) is 19.3 Å². The van der Waals surface area contributed by atoms with E-state index in [1.165, 1.54) is 13.2 Å². The maximum Gasteiger partial charge on any atom is 0.231 e. The second kappa shape index (κ2) is 8.27. The van der Waals surface area contributed by atoms with Gasteiger partial charge in [0.1, 0.15) is 5.76 Å². The van der Waals surface area contributed by atoms with E-state index < -0.39 is 17.1 Å². The molecule has 9 heteroatoms. The molecule has 1 amide bonds. The molecule has 0 spiro atoms. The van der Waals surface area contributed by atoms with Crippen molar-refractivity contribution < 1.29 is 33.3 Å². The predicted molar refractivity (Wildman–Crippen MR) is 104 cm³/mol. The molecule has 0 saturated carbocycles. The Labute approximate surface area is 172 Å². The molecule has 2 aromatic rings. The summed E-state index contributed by atoms with van der Waals surface area (Å²) >= 11 is 0. The van der Waals surface area contributed by atoms with Crippen molar-refractivity contribution in [1.29, 1.82) is 0 Å². The molecule has 3 heterocycles. The number of ether oxygens (including phenoxy) is 4. The van der Waals surface area contributed by atoms with Crippen molar-refractivity contribution in [2.75, 3.05) is 40.2 Å². The first-order valence-electron chi connectivity index (χ1n) is 9.64. The molecule has 160 valence electrons. The molecule has 1 saturated heterocycles. The number of carbonyl (C=O) groups is 1. The predicted octanol–water partition coefficient (Wildman–Crippen LogP) is 1.77. The summed E-state index contributed by atoms with van der Waals surface area (Å²) in [6.07, 6.45) is -0.0112. The van der Waals surface area contributed by atoms with Gasteiger partial charge in [-0.05, 0) is 24.6 Å². The topological polar surface area (TPSA) is 108 Å². The molecule has 1 atom stereocenters. The van der Waals surface area contributed by atoms with Crippen LogP contribution in [0.15, 0.2) is 27.4 Å². The number of amides is 1. The molecular formula is C21H23NO8. The first kappa shape index (κ1) is 20.1. The molecule has 1 aromatic heterocycles. The van der Waals surface area contributed by atoms with Crippen molar-refractivity contribution in [3.63, 3.8) is 0 Å². The van der Waals surface area contributed by atoms with Gasteiger partial charge in [-0.15, -0.1) is 0 Å². The summed E-state index contributed by atoms with van der Waals surface area (Å²) < 4.78 is 27.4. The number of carbonyl (C=O) groups excluding carboxylic acids is 1. The monoisotopic (exact) mass is 417 g/mol. The Bertz CT molecular complexity index is 1010. The first-order chi connectivity index (χ1) is 14.5. The normalized spacial score (nSPS) is 16.4. The summed E-state index contributed by atoms with van der Waals surface area (Å²) in [4.78, 5) is 26.9. The number of aryl methyl sites for hydroxylation is 1. The standard InChI is InChI=1S/C21H23NO8/c1-12-7-15(23)19(25)20(30-12)14(10-18(24)22-3-5-27-6-4-22)13-8-16(26-2)21-17(9-13)28-11-29-21/h7-9,14,25H,3-6,10-11H2,1-2H3/t14-/m1/s1. The maximum absolute atomic E-state index is 13.0. The number of hydrogen-bond donors (Lipinski definition) is 1. The molecule has 0 unspecified atom stereocenters. The van der Waals surface area contributed by atoms with Gasteiger partial charge in [0.05, 0.1) is 26.2 Å². The number of aromatic hydroxyl groups is 1. The zero-order valence-corrected chi connectivity index (χ0v) is 16.8. The van der Waals surface area contributed by atoms with Gasteiger partial charge in [0.2, 0.25) is 29.6 Å². The van der Waals surface area contributed by atoms with Crippen LogP contribution in [-0.4, -0.2) is 56.1 Å². The van der Waals surface area contributed by atoms with Crippen LogP contribution in [0.1, 0.15) is 29.4 Å². The molecule has 2 aliphatic rings. The van der Waals surface area contributed by atoms with E-state index in [0.717, 1.165) is 0 Å². The average Bonchev–Trinajstić information content (AvgIpc) is 3.23. The van der Waals surface area contributed by atoms with Gasteiger partial charge in [0.15, 0.2) is 17.3 Å². The minimum atomic E-state index is -0.726. The second-order valence-electron chi connectivity index (χ2n) is 7.14. The highest BCUT2D eigenvalue weighted by molar-refractivity contribution is 5.78. The molecule has 4 rings (SSSR count). The number of hydrogen-bond acceptors (Lipinski definition) is 8. The molecule has 9 nitrogen and oxygen atoms in total. The third-order valence-corrected chi connectivity index (χ3v) is 5.21. The Morgan fingerprint density at radius 2 is 2.00 bits per heavy atom. The van der Waals surface area contributed by atoms with Crippen LogP contribution in [0.5, 0.6) is 23.0 Å². The largest absolute Gasteiger partial charge is 0.502 e. The van der Waals surface area contributed by atoms with Gasteiger partial charge in [-0.1, -0.05) is 0 Å². The van der Waals surface area contributed by atoms with Crippen molar-refractivity contribution in [1.82, 2.24) is 4.90 Å². The molecule has 1 aromatic carbocycles. The van der Waals surface area contributed by atoms with Crippen molar-refractivity contribution in [3.8, 4) is 23.0 Å². The zero-order valence-electron chi connectivity index (χ0n) is 16.8. The average molecular weight is 417 g/mol. The summed E-state index contributed by atoms with van der Waals surface area (Å²) in [6.45, 7) is 3.58. The van der Waals surface area contributed by atoms with E-state index in [1.54, 1.807) is 24.0 Å². The van der Waals surface area contributed by atoms with E-state index in [-0.39, 0.29) is 24.9 Å². The molecule has 0 bridgehead atoms. The Kier molecular flexibility index (Phi) is 5.54. The van der Waals surface area contributed by atoms with Crippen LogP contribution in [0.25, 0.3) is 0 Å². The molecule has 1 fully saturated rings. The highest BCUT2D eigenvalue weighted by Crippen LogP contribution is 2.45. The highest BCUT2D eigenvalue weighted by atomic mass is 16.7. The minimum absolute atomic E-state index is 0.0112. The summed E-state index contributed by atoms with van der Waals surface area (Å²) in [5.74, 6) is 0.346. The van der Waals surface area contributed by atoms with Crippen LogP contribution >= 0.6 is 0 Å². The maximum atomic E-state index is 13.0. The number of methoxy groups -OCH3 is 1. The Morgan fingerprint density at radius 3 is 2.73 bits per heavy atom. The fourth-order valence-electron chi connectivity index (χ4n) is 3.69. The SMILES string of the molecule is COc1cc([C@@H](CC(=O)N2CCOCC2)c2oc(C)cc(=O)c2O)cc2c1OCO2. The Morgan fingerprint density at radius 1 is 1.23 bits per heavy atom. The minimum Gasteiger partial charge on any atom is -0.502 e. The van der Waals surface area contributed by atoms with E-state index >= 15 is 0 Å². The quantitative estimate of drug-likeness (QED) is 0.784. The van der Waals surface area contributed by atoms with Gasteiger partial charge < -0.3 is 33.4 Å². The molecular weight excluding hydrogens is 394 g/mol. The van der Waals surface area contributed by atoms with Gasteiger partial charge in [0.25, 0.3) is 0 Å². The lowest BCUT2D eigenvalue weighted by atomic mass is 9.91. The van der Waals surface area contributed by atoms with Crippen molar-refractivity contribution in [3.05, 3.63) is 45.5 Å². The van der Waals surface area contributed by atoms with Gasteiger partial charge in [0, 0.05) is 25.6 Å². The first-order valence-corrected chi connectivity index (χ1v) is 9.64. The Balaban J connectivity index is 1.78. The van der Waals surface area contributed by atoms with E-state index in [9.17, 15) is 14.7 Å². The molecule has 0 aliphatic carbocycles. The molecule has 2 aliphatic heterocycles. The van der Waals surface area contributed by atoms with E-state index in [0.29, 0.717) is 54.9 Å². The zero-order chi connectivity index (χ0) is 21.3. The lowest BCUT2D eigenvalue weighted by Crippen LogP contribution is -2.41. The van der Waals surface area contributed by atoms with Crippen LogP contribution < -0.4 is 19.6 Å². The van der Waals surface area contributed by atoms with Crippen LogP contribution in [-0.2, 0) is 9.53 Å². The van der Waals surface area contributed by atoms with Crippen LogP contribution in [0.2, 0.25) is 0 Å². The summed E-state index contributed by atoms with van der Waals surface area (Å²) in [7, 11) is 1.50. The van der Waals surface area contributed by atoms with Gasteiger partial charge in [-0.3, -0.25) is 9.59 Å². The lowest BCUT2D eigenvalue weighted by Gasteiger charge is -2.28. The number of rotatable bonds is 5. The number of morpholine rings is 1. The number of nitrogens with zero attached hydrogens (tertiary/aromatic N) is 1. The van der Waals surface area contributed by atoms with Gasteiger partial charge in [-0.25, -0.2) is 0 Å². The van der Waals surface area contributed by atoms with Crippen molar-refractivity contribution >= 4 is 5.91 Å². The number of benzene rings is 1. The molecule has 1 N–H and O–H groups in total. The van der Waals surface area contributed by atoms with Crippen LogP contribution in [0, 0.1) is 6.92 Å². The van der Waals surface area contributed by atoms with Crippen molar-refractivity contribution in [2.24, 2.45) is 0 Å². The van der Waals surface area contributed by atoms with E-state index in [2.05, 4.69) is 0 Å². The third-order valence-electron chi connectivity index (χ3n) is 5.21. The third kappa shape index (κ3) is 3.80. The smallest absolute Gasteiger partial charge is 0.231 e. The molecule has 0 radical (unpaired) electrons. The van der Waals surface area contributed by atoms with E-state index in [4.69, 9.17) is 23.4 Å². The summed E-state index contributed by atoms with van der Waals surface area (Å²) in [5.41, 5.74) is 0.0343. The van der Waals surface area contributed by atoms with Gasteiger partial charge >= 0.3 is 0 Å². The van der Waals surface area contributed by atoms with Gasteiger partial charge in [-0.2, -0.15) is 0 Å². The van der Waals surface area contributed by atoms with Crippen LogP contribution in [0.4, 0.5) is 0 Å². The lowest BCUT2D eigenvalue weighted by molar-refractivity contribution is -0.135. The summed E-state index contributed by atoms with van der Waals surface area (Å²) in [5, 5.41) is 10.5. The highest BCUT2D eigenvalue weighted by Gasteiger charge is 2.31. The number of fused-ring (bicyclic) bond motifs is 1. The van der Waals surface area contributed by atoms with Crippen LogP contribution in [0.3, 0.4) is 0 Å². The fraction of sp³-hybridized carbons (Fsp3) is 0.429. The molecule has 30 heavy (non-hydrogen) atoms. The fourth-order valence-corrected chi connectivity index (χ4v) is 3.69. The van der Waals surface area contributed by atoms with E-state index in [1.807, 2.05) is 0 Å². The Hall–Kier alpha value is -3.20. The summed E-state index contributed by atoms with van der Waals surface area (Å²) in [6, 6.07) is 4.62.